The average Bonchev–Trinajstić information content (AvgIpc) is 3.80. The number of amides is 1. The summed E-state index contributed by atoms with van der Waals surface area (Å²) < 4.78 is 36.3. The number of allylic oxidation sites excluding steroid dienone is 1. The number of aliphatic imine (C=N–C) groups is 1. The highest BCUT2D eigenvalue weighted by Gasteiger charge is 2.31. The number of sulfonamides is 1. The molecule has 0 radical (unpaired) electrons. The second-order valence-corrected chi connectivity index (χ2v) is 21.7. The molecule has 15 nitrogen and oxygen atoms in total. The van der Waals surface area contributed by atoms with E-state index < -0.39 is 15.9 Å². The normalized spacial score (nSPS) is 20.6. The second kappa shape index (κ2) is 20.2. The molecule has 2 aliphatic carbocycles. The number of pyridine rings is 1. The summed E-state index contributed by atoms with van der Waals surface area (Å²) in [5.74, 6) is -0.0723. The standard InChI is InChI=1S/C51H61ClN9O6S/c1-34-32-60(21-20-53-34)40-10-4-35(5-11-40)30-55-46-15-13-43(28-47(46)61(63)64)68(65,66)57-50(62)44-14-12-41(27-48(44)67-42-26-37-17-19-54-49(37)56-31-42)59-24-22-58(23-25-59)33-38-16-18-51(2,3)29-45(38)36-6-8-39(52)9-7-36/h6-9,12-15,17,19,26-28,31,35,40,55,63H,4-5,10-11,16,18,20-25,29-30,32-33H2,1-3H3,(H,54,56)(H,57,62)/q-1. The Hall–Kier alpha value is -5.49. The van der Waals surface area contributed by atoms with Crippen molar-refractivity contribution < 1.29 is 23.2 Å². The first-order chi connectivity index (χ1) is 32.7. The van der Waals surface area contributed by atoms with Gasteiger partial charge in [0.05, 0.1) is 34.6 Å². The van der Waals surface area contributed by atoms with Crippen LogP contribution >= 0.6 is 11.6 Å². The highest BCUT2D eigenvalue weighted by Crippen LogP contribution is 2.44. The number of piperazine rings is 1. The summed E-state index contributed by atoms with van der Waals surface area (Å²) in [6, 6.07) is 21.3. The Kier molecular flexibility index (Phi) is 14.2. The smallest absolute Gasteiger partial charge is 0.268 e. The molecule has 68 heavy (non-hydrogen) atoms. The SMILES string of the molecule is CC1=NCCN(C2CCC(CNc3ccc(S(=O)(=O)NC(=O)c4ccc(N5CCN(CC6=C(c7ccc(Cl)cc7)CC(C)(C)CC6)CC5)cc4Oc4cnc5[nH]ccc5c4)cc3N([O-])O)CC2)C1. The van der Waals surface area contributed by atoms with Crippen molar-refractivity contribution in [1.29, 1.82) is 0 Å². The number of fused-ring (bicyclic) bond motifs is 1. The molecule has 1 amide bonds. The van der Waals surface area contributed by atoms with Crippen LogP contribution in [0.15, 0.2) is 101 Å². The molecule has 0 spiro atoms. The van der Waals surface area contributed by atoms with Gasteiger partial charge in [0.2, 0.25) is 0 Å². The maximum Gasteiger partial charge on any atom is 0.268 e. The third-order valence-electron chi connectivity index (χ3n) is 14.2. The molecule has 4 heterocycles. The fraction of sp³-hybridized carbons (Fsp3) is 0.431. The van der Waals surface area contributed by atoms with E-state index in [2.05, 4.69) is 72.6 Å². The topological polar surface area (TPSA) is 182 Å². The van der Waals surface area contributed by atoms with Crippen LogP contribution in [0.25, 0.3) is 16.6 Å². The summed E-state index contributed by atoms with van der Waals surface area (Å²) in [6.07, 6.45) is 10.6. The van der Waals surface area contributed by atoms with E-state index in [-0.39, 0.29) is 38.2 Å². The first kappa shape index (κ1) is 47.6. The molecule has 3 aromatic carbocycles. The lowest BCUT2D eigenvalue weighted by molar-refractivity contribution is 0.0979. The number of anilines is 3. The van der Waals surface area contributed by atoms with Crippen molar-refractivity contribution in [1.82, 2.24) is 24.5 Å². The van der Waals surface area contributed by atoms with Gasteiger partial charge in [-0.3, -0.25) is 24.8 Å². The zero-order chi connectivity index (χ0) is 47.6. The molecule has 4 aliphatic rings. The third-order valence-corrected chi connectivity index (χ3v) is 15.8. The Morgan fingerprint density at radius 1 is 1.00 bits per heavy atom. The van der Waals surface area contributed by atoms with Crippen LogP contribution in [-0.4, -0.2) is 110 Å². The average molecular weight is 964 g/mol. The van der Waals surface area contributed by atoms with Gasteiger partial charge in [-0.2, -0.15) is 0 Å². The molecule has 17 heteroatoms. The van der Waals surface area contributed by atoms with Crippen LogP contribution in [0.3, 0.4) is 0 Å². The monoisotopic (exact) mass is 962 g/mol. The Bertz CT molecular complexity index is 2800. The number of carbonyl (C=O) groups excluding carboxylic acids is 1. The Balaban J connectivity index is 0.885. The summed E-state index contributed by atoms with van der Waals surface area (Å²) in [5, 5.41) is 27.0. The quantitative estimate of drug-likeness (QED) is 0.0776. The zero-order valence-electron chi connectivity index (χ0n) is 39.0. The molecule has 2 aromatic heterocycles. The summed E-state index contributed by atoms with van der Waals surface area (Å²) >= 11 is 6.26. The lowest BCUT2D eigenvalue weighted by Gasteiger charge is -2.39. The molecule has 2 fully saturated rings. The molecule has 2 aliphatic heterocycles. The molecule has 1 saturated carbocycles. The van der Waals surface area contributed by atoms with Crippen molar-refractivity contribution in [3.63, 3.8) is 0 Å². The number of ether oxygens (including phenoxy) is 1. The van der Waals surface area contributed by atoms with Crippen molar-refractivity contribution in [2.45, 2.75) is 76.7 Å². The van der Waals surface area contributed by atoms with Gasteiger partial charge in [0.1, 0.15) is 17.1 Å². The van der Waals surface area contributed by atoms with Crippen molar-refractivity contribution in [3.05, 3.63) is 112 Å². The van der Waals surface area contributed by atoms with Gasteiger partial charge in [-0.05, 0) is 129 Å². The highest BCUT2D eigenvalue weighted by molar-refractivity contribution is 7.90. The van der Waals surface area contributed by atoms with Gasteiger partial charge in [-0.15, -0.1) is 0 Å². The number of nitrogens with one attached hydrogen (secondary N) is 3. The molecule has 9 rings (SSSR count). The van der Waals surface area contributed by atoms with E-state index in [0.717, 1.165) is 119 Å². The molecule has 0 atom stereocenters. The summed E-state index contributed by atoms with van der Waals surface area (Å²) in [4.78, 5) is 33.0. The fourth-order valence-corrected chi connectivity index (χ4v) is 11.4. The van der Waals surface area contributed by atoms with Gasteiger partial charge in [0.25, 0.3) is 15.9 Å². The lowest BCUT2D eigenvalue weighted by Crippen LogP contribution is -2.47. The predicted octanol–water partition coefficient (Wildman–Crippen LogP) is 9.35. The summed E-state index contributed by atoms with van der Waals surface area (Å²) in [5.41, 5.74) is 7.01. The van der Waals surface area contributed by atoms with E-state index in [0.29, 0.717) is 29.9 Å². The van der Waals surface area contributed by atoms with Crippen LogP contribution in [0.1, 0.15) is 81.6 Å². The number of hydrogen-bond donors (Lipinski definition) is 4. The Morgan fingerprint density at radius 3 is 2.53 bits per heavy atom. The minimum absolute atomic E-state index is 0.0172. The number of benzene rings is 3. The first-order valence-corrected chi connectivity index (χ1v) is 25.6. The van der Waals surface area contributed by atoms with Gasteiger partial charge < -0.3 is 30.4 Å². The van der Waals surface area contributed by atoms with Crippen molar-refractivity contribution >= 4 is 66.9 Å². The van der Waals surface area contributed by atoms with Crippen LogP contribution in [0.5, 0.6) is 11.5 Å². The molecule has 0 bridgehead atoms. The van der Waals surface area contributed by atoms with Crippen molar-refractivity contribution in [2.75, 3.05) is 74.3 Å². The second-order valence-electron chi connectivity index (χ2n) is 19.6. The predicted molar refractivity (Wildman–Crippen MR) is 270 cm³/mol. The molecule has 5 aromatic rings. The number of aromatic nitrogens is 2. The number of halogens is 1. The largest absolute Gasteiger partial charge is 0.733 e. The summed E-state index contributed by atoms with van der Waals surface area (Å²) in [7, 11) is -4.54. The molecular formula is C51H61ClN9O6S-. The number of hydrogen-bond acceptors (Lipinski definition) is 13. The maximum atomic E-state index is 14.1. The Morgan fingerprint density at radius 2 is 1.78 bits per heavy atom. The number of aromatic amines is 1. The van der Waals surface area contributed by atoms with Gasteiger partial charge in [0, 0.05) is 92.5 Å². The lowest BCUT2D eigenvalue weighted by atomic mass is 9.72. The van der Waals surface area contributed by atoms with Crippen molar-refractivity contribution in [3.8, 4) is 11.5 Å². The first-order valence-electron chi connectivity index (χ1n) is 23.7. The number of nitrogens with zero attached hydrogens (tertiary/aromatic N) is 6. The van der Waals surface area contributed by atoms with Crippen molar-refractivity contribution in [2.24, 2.45) is 16.3 Å². The maximum absolute atomic E-state index is 14.1. The Labute approximate surface area is 403 Å². The molecule has 4 N–H and O–H groups in total. The minimum Gasteiger partial charge on any atom is -0.733 e. The third kappa shape index (κ3) is 11.2. The minimum atomic E-state index is -4.54. The van der Waals surface area contributed by atoms with Gasteiger partial charge in [-0.1, -0.05) is 43.2 Å². The van der Waals surface area contributed by atoms with Gasteiger partial charge in [-0.25, -0.2) is 18.1 Å². The number of carbonyl (C=O) groups is 1. The summed E-state index contributed by atoms with van der Waals surface area (Å²) in [6.45, 7) is 14.1. The van der Waals surface area contributed by atoms with E-state index in [4.69, 9.17) is 16.3 Å². The van der Waals surface area contributed by atoms with E-state index >= 15 is 0 Å². The van der Waals surface area contributed by atoms with E-state index in [1.807, 2.05) is 18.2 Å². The molecule has 1 saturated heterocycles. The van der Waals surface area contributed by atoms with E-state index in [9.17, 15) is 23.6 Å². The van der Waals surface area contributed by atoms with Gasteiger partial charge in [0.15, 0.2) is 0 Å². The molecule has 360 valence electrons. The van der Waals surface area contributed by atoms with Crippen LogP contribution in [0, 0.1) is 16.5 Å². The van der Waals surface area contributed by atoms with Crippen LogP contribution in [0.4, 0.5) is 17.1 Å². The van der Waals surface area contributed by atoms with E-state index in [1.54, 1.807) is 36.7 Å². The van der Waals surface area contributed by atoms with E-state index in [1.165, 1.54) is 34.6 Å². The number of H-pyrrole nitrogens is 1. The van der Waals surface area contributed by atoms with Gasteiger partial charge >= 0.3 is 0 Å². The fourth-order valence-electron chi connectivity index (χ4n) is 10.3. The van der Waals surface area contributed by atoms with Crippen LogP contribution < -0.4 is 24.9 Å². The number of rotatable bonds is 14. The zero-order valence-corrected chi connectivity index (χ0v) is 40.6. The van der Waals surface area contributed by atoms with Crippen LogP contribution in [0.2, 0.25) is 5.02 Å². The molecule has 0 unspecified atom stereocenters. The molecular weight excluding hydrogens is 902 g/mol. The highest BCUT2D eigenvalue weighted by atomic mass is 35.5. The van der Waals surface area contributed by atoms with Crippen LogP contribution in [-0.2, 0) is 10.0 Å².